The lowest BCUT2D eigenvalue weighted by Gasteiger charge is -2.13. The monoisotopic (exact) mass is 262 g/mol. The highest BCUT2D eigenvalue weighted by Crippen LogP contribution is 2.12. The summed E-state index contributed by atoms with van der Waals surface area (Å²) in [4.78, 5) is 23.5. The molecule has 19 heavy (non-hydrogen) atoms. The van der Waals surface area contributed by atoms with Gasteiger partial charge in [0.25, 0.3) is 0 Å². The molecule has 2 N–H and O–H groups in total. The van der Waals surface area contributed by atoms with Crippen LogP contribution in [-0.2, 0) is 9.59 Å². The Morgan fingerprint density at radius 2 is 1.79 bits per heavy atom. The molecule has 0 bridgehead atoms. The number of hydrogen-bond donors (Lipinski definition) is 2. The predicted octanol–water partition coefficient (Wildman–Crippen LogP) is 2.49. The Morgan fingerprint density at radius 3 is 2.37 bits per heavy atom. The van der Waals surface area contributed by atoms with Crippen molar-refractivity contribution in [3.63, 3.8) is 0 Å². The summed E-state index contributed by atoms with van der Waals surface area (Å²) < 4.78 is 0. The molecule has 0 heterocycles. The molecule has 4 heteroatoms. The van der Waals surface area contributed by atoms with Gasteiger partial charge in [0.05, 0.1) is 6.54 Å². The molecular weight excluding hydrogens is 240 g/mol. The first-order valence-corrected chi connectivity index (χ1v) is 6.71. The zero-order valence-corrected chi connectivity index (χ0v) is 11.8. The molecule has 2 amide bonds. The fourth-order valence-corrected chi connectivity index (χ4v) is 1.88. The molecule has 104 valence electrons. The number of amides is 2. The van der Waals surface area contributed by atoms with Crippen molar-refractivity contribution >= 4 is 17.5 Å². The summed E-state index contributed by atoms with van der Waals surface area (Å²) in [5.74, 6) is -0.259. The average molecular weight is 262 g/mol. The first-order valence-electron chi connectivity index (χ1n) is 6.71. The number of aryl methyl sites for hydroxylation is 1. The van der Waals surface area contributed by atoms with Gasteiger partial charge in [-0.15, -0.1) is 0 Å². The van der Waals surface area contributed by atoms with Crippen molar-refractivity contribution in [3.05, 3.63) is 29.8 Å². The maximum Gasteiger partial charge on any atom is 0.243 e. The molecule has 0 aromatic heterocycles. The van der Waals surface area contributed by atoms with Crippen LogP contribution in [0, 0.1) is 12.8 Å². The third kappa shape index (κ3) is 4.73. The van der Waals surface area contributed by atoms with Gasteiger partial charge in [-0.1, -0.05) is 32.0 Å². The molecule has 1 rings (SSSR count). The summed E-state index contributed by atoms with van der Waals surface area (Å²) >= 11 is 0. The predicted molar refractivity (Wildman–Crippen MR) is 76.9 cm³/mol. The molecule has 0 unspecified atom stereocenters. The van der Waals surface area contributed by atoms with E-state index in [-0.39, 0.29) is 24.3 Å². The Bertz CT molecular complexity index is 440. The van der Waals surface area contributed by atoms with Crippen LogP contribution in [0.3, 0.4) is 0 Å². The van der Waals surface area contributed by atoms with Gasteiger partial charge in [-0.05, 0) is 31.4 Å². The number of anilines is 1. The number of hydrogen-bond acceptors (Lipinski definition) is 2. The van der Waals surface area contributed by atoms with Gasteiger partial charge in [0.15, 0.2) is 0 Å². The van der Waals surface area contributed by atoms with Crippen molar-refractivity contribution in [1.82, 2.24) is 5.32 Å². The number of nitrogens with one attached hydrogen (secondary N) is 2. The van der Waals surface area contributed by atoms with Crippen LogP contribution >= 0.6 is 0 Å². The van der Waals surface area contributed by atoms with Crippen LogP contribution in [0.4, 0.5) is 5.69 Å². The van der Waals surface area contributed by atoms with Gasteiger partial charge in [-0.3, -0.25) is 9.59 Å². The number of rotatable bonds is 6. The van der Waals surface area contributed by atoms with Gasteiger partial charge in [0.1, 0.15) is 0 Å². The Morgan fingerprint density at radius 1 is 1.16 bits per heavy atom. The van der Waals surface area contributed by atoms with Crippen LogP contribution in [0.15, 0.2) is 24.3 Å². The molecule has 0 radical (unpaired) electrons. The minimum absolute atomic E-state index is 0.00809. The second-order valence-electron chi connectivity index (χ2n) is 4.59. The van der Waals surface area contributed by atoms with Crippen molar-refractivity contribution in [2.75, 3.05) is 11.9 Å². The van der Waals surface area contributed by atoms with E-state index in [1.165, 1.54) is 0 Å². The first-order chi connectivity index (χ1) is 9.08. The third-order valence-corrected chi connectivity index (χ3v) is 3.20. The van der Waals surface area contributed by atoms with E-state index in [4.69, 9.17) is 0 Å². The van der Waals surface area contributed by atoms with Gasteiger partial charge in [-0.25, -0.2) is 0 Å². The molecule has 0 spiro atoms. The second-order valence-corrected chi connectivity index (χ2v) is 4.59. The lowest BCUT2D eigenvalue weighted by molar-refractivity contribution is -0.127. The fourth-order valence-electron chi connectivity index (χ4n) is 1.88. The summed E-state index contributed by atoms with van der Waals surface area (Å²) in [6.45, 7) is 5.89. The minimum Gasteiger partial charge on any atom is -0.347 e. The Kier molecular flexibility index (Phi) is 6.06. The molecule has 1 aromatic carbocycles. The smallest absolute Gasteiger partial charge is 0.243 e. The Labute approximate surface area is 114 Å². The number of carbonyl (C=O) groups excluding carboxylic acids is 2. The maximum absolute atomic E-state index is 11.7. The van der Waals surface area contributed by atoms with Crippen LogP contribution in [0.5, 0.6) is 0 Å². The van der Waals surface area contributed by atoms with Crippen LogP contribution < -0.4 is 10.6 Å². The van der Waals surface area contributed by atoms with Crippen LogP contribution in [0.2, 0.25) is 0 Å². The molecule has 4 nitrogen and oxygen atoms in total. The highest BCUT2D eigenvalue weighted by molar-refractivity contribution is 5.95. The van der Waals surface area contributed by atoms with Crippen molar-refractivity contribution in [3.8, 4) is 0 Å². The van der Waals surface area contributed by atoms with E-state index in [2.05, 4.69) is 10.6 Å². The summed E-state index contributed by atoms with van der Waals surface area (Å²) in [6.07, 6.45) is 1.59. The molecule has 0 aliphatic carbocycles. The van der Waals surface area contributed by atoms with Crippen molar-refractivity contribution < 1.29 is 9.59 Å². The zero-order chi connectivity index (χ0) is 14.3. The molecule has 0 fully saturated rings. The summed E-state index contributed by atoms with van der Waals surface area (Å²) in [5.41, 5.74) is 1.78. The number of benzene rings is 1. The second kappa shape index (κ2) is 7.56. The Balaban J connectivity index is 2.44. The van der Waals surface area contributed by atoms with E-state index >= 15 is 0 Å². The quantitative estimate of drug-likeness (QED) is 0.827. The molecular formula is C15H22N2O2. The SMILES string of the molecule is CCC(CC)C(=O)NCC(=O)Nc1ccccc1C. The fraction of sp³-hybridized carbons (Fsp3) is 0.467. The van der Waals surface area contributed by atoms with Crippen LogP contribution in [0.25, 0.3) is 0 Å². The largest absolute Gasteiger partial charge is 0.347 e. The van der Waals surface area contributed by atoms with E-state index < -0.39 is 0 Å². The van der Waals surface area contributed by atoms with Crippen LogP contribution in [-0.4, -0.2) is 18.4 Å². The van der Waals surface area contributed by atoms with Gasteiger partial charge in [-0.2, -0.15) is 0 Å². The lowest BCUT2D eigenvalue weighted by atomic mass is 10.0. The summed E-state index contributed by atoms with van der Waals surface area (Å²) in [6, 6.07) is 7.56. The van der Waals surface area contributed by atoms with E-state index in [9.17, 15) is 9.59 Å². The van der Waals surface area contributed by atoms with E-state index in [1.54, 1.807) is 0 Å². The van der Waals surface area contributed by atoms with Crippen LogP contribution in [0.1, 0.15) is 32.3 Å². The van der Waals surface area contributed by atoms with Crippen molar-refractivity contribution in [1.29, 1.82) is 0 Å². The van der Waals surface area contributed by atoms with Crippen molar-refractivity contribution in [2.24, 2.45) is 5.92 Å². The molecule has 0 saturated heterocycles. The summed E-state index contributed by atoms with van der Waals surface area (Å²) in [5, 5.41) is 5.46. The van der Waals surface area contributed by atoms with Crippen molar-refractivity contribution in [2.45, 2.75) is 33.6 Å². The lowest BCUT2D eigenvalue weighted by Crippen LogP contribution is -2.36. The van der Waals surface area contributed by atoms with E-state index in [0.717, 1.165) is 24.1 Å². The molecule has 0 aliphatic heterocycles. The highest BCUT2D eigenvalue weighted by Gasteiger charge is 2.14. The topological polar surface area (TPSA) is 58.2 Å². The highest BCUT2D eigenvalue weighted by atomic mass is 16.2. The minimum atomic E-state index is -0.200. The van der Waals surface area contributed by atoms with E-state index in [0.29, 0.717) is 0 Å². The zero-order valence-electron chi connectivity index (χ0n) is 11.8. The van der Waals surface area contributed by atoms with Gasteiger partial charge in [0, 0.05) is 11.6 Å². The standard InChI is InChI=1S/C15H22N2O2/c1-4-12(5-2)15(19)16-10-14(18)17-13-9-7-6-8-11(13)3/h6-9,12H,4-5,10H2,1-3H3,(H,16,19)(H,17,18). The number of para-hydroxylation sites is 1. The molecule has 1 aromatic rings. The first kappa shape index (κ1) is 15.2. The summed E-state index contributed by atoms with van der Waals surface area (Å²) in [7, 11) is 0. The molecule has 0 saturated carbocycles. The maximum atomic E-state index is 11.7. The molecule has 0 atom stereocenters. The van der Waals surface area contributed by atoms with E-state index in [1.807, 2.05) is 45.0 Å². The van der Waals surface area contributed by atoms with Gasteiger partial charge < -0.3 is 10.6 Å². The van der Waals surface area contributed by atoms with Gasteiger partial charge in [0.2, 0.25) is 11.8 Å². The average Bonchev–Trinajstić information content (AvgIpc) is 2.40. The molecule has 0 aliphatic rings. The Hall–Kier alpha value is -1.84. The number of carbonyl (C=O) groups is 2. The normalized spacial score (nSPS) is 10.3. The third-order valence-electron chi connectivity index (χ3n) is 3.20. The van der Waals surface area contributed by atoms with Gasteiger partial charge >= 0.3 is 0 Å².